The molecule has 8 heteroatoms. The minimum Gasteiger partial charge on any atom is -0.481 e. The van der Waals surface area contributed by atoms with Crippen molar-refractivity contribution in [1.82, 2.24) is 19.9 Å². The fourth-order valence-electron chi connectivity index (χ4n) is 3.28. The number of pyridine rings is 2. The fourth-order valence-corrected chi connectivity index (χ4v) is 4.24. The largest absolute Gasteiger partial charge is 0.481 e. The van der Waals surface area contributed by atoms with Gasteiger partial charge in [-0.05, 0) is 44.0 Å². The molecule has 0 aromatic carbocycles. The minimum atomic E-state index is -0.0465. The Morgan fingerprint density at radius 1 is 1.19 bits per heavy atom. The van der Waals surface area contributed by atoms with Crippen molar-refractivity contribution in [3.05, 3.63) is 70.6 Å². The Morgan fingerprint density at radius 2 is 2.06 bits per heavy atom. The lowest BCUT2D eigenvalue weighted by atomic mass is 10.1. The molecule has 0 aliphatic heterocycles. The van der Waals surface area contributed by atoms with Crippen LogP contribution in [-0.4, -0.2) is 32.8 Å². The van der Waals surface area contributed by atoms with Crippen LogP contribution in [0.4, 0.5) is 5.95 Å². The molecular formula is C23H23N5O2S. The van der Waals surface area contributed by atoms with Crippen molar-refractivity contribution in [2.24, 2.45) is 0 Å². The zero-order chi connectivity index (χ0) is 21.8. The van der Waals surface area contributed by atoms with E-state index < -0.39 is 0 Å². The standard InChI is InChI=1S/C23H23N5O2S/c1-14-12-18-22(31-14)21(19(29)10-9-17-7-4-8-20(26-17)30-3)28-23(27-18)25-15(2)16-6-5-11-24-13-16/h4-8,11-13,15H,9-10H2,1-3H3,(H,25,27,28)/t15-/m0/s1. The van der Waals surface area contributed by atoms with Crippen molar-refractivity contribution in [2.45, 2.75) is 32.7 Å². The van der Waals surface area contributed by atoms with E-state index in [1.54, 1.807) is 25.6 Å². The van der Waals surface area contributed by atoms with Crippen LogP contribution in [0.1, 0.15) is 46.0 Å². The Balaban J connectivity index is 1.59. The maximum Gasteiger partial charge on any atom is 0.224 e. The van der Waals surface area contributed by atoms with E-state index in [1.165, 1.54) is 11.3 Å². The highest BCUT2D eigenvalue weighted by atomic mass is 32.1. The van der Waals surface area contributed by atoms with Crippen LogP contribution in [0.5, 0.6) is 5.88 Å². The maximum absolute atomic E-state index is 13.1. The number of aromatic nitrogens is 4. The topological polar surface area (TPSA) is 89.9 Å². The van der Waals surface area contributed by atoms with Gasteiger partial charge in [-0.1, -0.05) is 12.1 Å². The van der Waals surface area contributed by atoms with Crippen LogP contribution < -0.4 is 10.1 Å². The number of fused-ring (bicyclic) bond motifs is 1. The lowest BCUT2D eigenvalue weighted by molar-refractivity contribution is 0.0979. The molecule has 1 N–H and O–H groups in total. The Morgan fingerprint density at radius 3 is 2.84 bits per heavy atom. The SMILES string of the molecule is COc1cccc(CCC(=O)c2nc(N[C@@H](C)c3cccnc3)nc3cc(C)sc23)n1. The molecule has 0 saturated heterocycles. The number of rotatable bonds is 8. The van der Waals surface area contributed by atoms with E-state index in [0.717, 1.165) is 26.4 Å². The lowest BCUT2D eigenvalue weighted by Crippen LogP contribution is -2.13. The van der Waals surface area contributed by atoms with Gasteiger partial charge in [0.1, 0.15) is 5.69 Å². The number of Topliss-reactive ketones (excluding diaryl/α,β-unsaturated/α-hetero) is 1. The van der Waals surface area contributed by atoms with Crippen molar-refractivity contribution < 1.29 is 9.53 Å². The van der Waals surface area contributed by atoms with Crippen LogP contribution in [0.25, 0.3) is 10.2 Å². The molecule has 4 aromatic rings. The van der Waals surface area contributed by atoms with Crippen molar-refractivity contribution in [3.63, 3.8) is 0 Å². The summed E-state index contributed by atoms with van der Waals surface area (Å²) in [6, 6.07) is 11.4. The first-order valence-electron chi connectivity index (χ1n) is 10.0. The number of anilines is 1. The van der Waals surface area contributed by atoms with Crippen LogP contribution in [0.15, 0.2) is 48.8 Å². The number of nitrogens with one attached hydrogen (secondary N) is 1. The van der Waals surface area contributed by atoms with Gasteiger partial charge in [-0.2, -0.15) is 0 Å². The van der Waals surface area contributed by atoms with Gasteiger partial charge < -0.3 is 10.1 Å². The first-order valence-corrected chi connectivity index (χ1v) is 10.8. The second kappa shape index (κ2) is 9.18. The number of hydrogen-bond donors (Lipinski definition) is 1. The third kappa shape index (κ3) is 4.86. The molecule has 0 spiro atoms. The number of nitrogens with zero attached hydrogens (tertiary/aromatic N) is 4. The fraction of sp³-hybridized carbons (Fsp3) is 0.261. The Bertz CT molecular complexity index is 1210. The van der Waals surface area contributed by atoms with Gasteiger partial charge in [-0.25, -0.2) is 15.0 Å². The molecular weight excluding hydrogens is 410 g/mol. The molecule has 7 nitrogen and oxygen atoms in total. The smallest absolute Gasteiger partial charge is 0.224 e. The highest BCUT2D eigenvalue weighted by Crippen LogP contribution is 2.29. The number of ether oxygens (including phenoxy) is 1. The molecule has 4 heterocycles. The molecule has 4 rings (SSSR count). The zero-order valence-electron chi connectivity index (χ0n) is 17.6. The van der Waals surface area contributed by atoms with Crippen LogP contribution in [0.3, 0.4) is 0 Å². The highest BCUT2D eigenvalue weighted by molar-refractivity contribution is 7.19. The first-order chi connectivity index (χ1) is 15.0. The van der Waals surface area contributed by atoms with Gasteiger partial charge in [-0.3, -0.25) is 9.78 Å². The van der Waals surface area contributed by atoms with Crippen molar-refractivity contribution in [2.75, 3.05) is 12.4 Å². The minimum absolute atomic E-state index is 0.0315. The van der Waals surface area contributed by atoms with Crippen LogP contribution in [0.2, 0.25) is 0 Å². The summed E-state index contributed by atoms with van der Waals surface area (Å²) in [5.41, 5.74) is 3.06. The number of aryl methyl sites for hydroxylation is 2. The van der Waals surface area contributed by atoms with Crippen molar-refractivity contribution in [1.29, 1.82) is 0 Å². The molecule has 0 saturated carbocycles. The maximum atomic E-state index is 13.1. The number of ketones is 1. The van der Waals surface area contributed by atoms with Gasteiger partial charge >= 0.3 is 0 Å². The number of thiophene rings is 1. The average molecular weight is 434 g/mol. The summed E-state index contributed by atoms with van der Waals surface area (Å²) in [6.07, 6.45) is 4.36. The van der Waals surface area contributed by atoms with E-state index in [9.17, 15) is 4.79 Å². The third-order valence-electron chi connectivity index (χ3n) is 4.89. The van der Waals surface area contributed by atoms with Crippen LogP contribution >= 0.6 is 11.3 Å². The molecule has 0 radical (unpaired) electrons. The molecule has 0 unspecified atom stereocenters. The Kier molecular flexibility index (Phi) is 6.18. The average Bonchev–Trinajstić information content (AvgIpc) is 3.17. The molecule has 1 atom stereocenters. The number of carbonyl (C=O) groups excluding carboxylic acids is 1. The summed E-state index contributed by atoms with van der Waals surface area (Å²) in [5.74, 6) is 0.944. The predicted octanol–water partition coefficient (Wildman–Crippen LogP) is 4.79. The molecule has 0 bridgehead atoms. The highest BCUT2D eigenvalue weighted by Gasteiger charge is 2.18. The number of hydrogen-bond acceptors (Lipinski definition) is 8. The molecule has 31 heavy (non-hydrogen) atoms. The third-order valence-corrected chi connectivity index (χ3v) is 5.93. The van der Waals surface area contributed by atoms with Gasteiger partial charge in [0, 0.05) is 35.5 Å². The predicted molar refractivity (Wildman–Crippen MR) is 122 cm³/mol. The van der Waals surface area contributed by atoms with Crippen LogP contribution in [-0.2, 0) is 6.42 Å². The van der Waals surface area contributed by atoms with Gasteiger partial charge in [0.05, 0.1) is 23.4 Å². The Hall–Kier alpha value is -3.39. The van der Waals surface area contributed by atoms with Crippen molar-refractivity contribution in [3.8, 4) is 5.88 Å². The summed E-state index contributed by atoms with van der Waals surface area (Å²) < 4.78 is 5.99. The molecule has 0 aliphatic rings. The molecule has 4 aromatic heterocycles. The monoisotopic (exact) mass is 433 g/mol. The summed E-state index contributed by atoms with van der Waals surface area (Å²) in [7, 11) is 1.58. The van der Waals surface area contributed by atoms with Crippen LogP contribution in [0, 0.1) is 6.92 Å². The summed E-state index contributed by atoms with van der Waals surface area (Å²) in [4.78, 5) is 32.0. The Labute approximate surface area is 184 Å². The zero-order valence-corrected chi connectivity index (χ0v) is 18.4. The normalized spacial score (nSPS) is 12.0. The lowest BCUT2D eigenvalue weighted by Gasteiger charge is -2.14. The second-order valence-corrected chi connectivity index (χ2v) is 8.47. The quantitative estimate of drug-likeness (QED) is 0.400. The van der Waals surface area contributed by atoms with Gasteiger partial charge in [0.15, 0.2) is 5.78 Å². The summed E-state index contributed by atoms with van der Waals surface area (Å²) in [5, 5.41) is 3.31. The number of carbonyl (C=O) groups is 1. The molecule has 0 fully saturated rings. The van der Waals surface area contributed by atoms with E-state index >= 15 is 0 Å². The second-order valence-electron chi connectivity index (χ2n) is 7.21. The van der Waals surface area contributed by atoms with Gasteiger partial charge in [0.2, 0.25) is 11.8 Å². The van der Waals surface area contributed by atoms with Gasteiger partial charge in [-0.15, -0.1) is 11.3 Å². The number of methoxy groups -OCH3 is 1. The molecule has 0 amide bonds. The van der Waals surface area contributed by atoms with Crippen molar-refractivity contribution >= 4 is 33.3 Å². The molecule has 158 valence electrons. The molecule has 0 aliphatic carbocycles. The summed E-state index contributed by atoms with van der Waals surface area (Å²) in [6.45, 7) is 4.02. The van der Waals surface area contributed by atoms with Gasteiger partial charge in [0.25, 0.3) is 0 Å². The van der Waals surface area contributed by atoms with E-state index in [1.807, 2.05) is 44.2 Å². The van der Waals surface area contributed by atoms with E-state index in [2.05, 4.69) is 25.3 Å². The van der Waals surface area contributed by atoms with E-state index in [4.69, 9.17) is 4.74 Å². The summed E-state index contributed by atoms with van der Waals surface area (Å²) >= 11 is 1.54. The first kappa shape index (κ1) is 20.9. The van der Waals surface area contributed by atoms with E-state index in [0.29, 0.717) is 30.4 Å². The van der Waals surface area contributed by atoms with E-state index in [-0.39, 0.29) is 11.8 Å².